The largest absolute Gasteiger partial charge is 0.347 e. The van der Waals surface area contributed by atoms with E-state index in [0.717, 1.165) is 13.1 Å². The summed E-state index contributed by atoms with van der Waals surface area (Å²) in [4.78, 5) is 24.4. The van der Waals surface area contributed by atoms with Gasteiger partial charge in [0.2, 0.25) is 5.91 Å². The molecule has 1 atom stereocenters. The van der Waals surface area contributed by atoms with Crippen LogP contribution in [0.1, 0.15) is 38.1 Å². The van der Waals surface area contributed by atoms with Crippen LogP contribution in [0.4, 0.5) is 5.69 Å². The van der Waals surface area contributed by atoms with E-state index in [9.17, 15) is 9.59 Å². The molecule has 128 valence electrons. The molecule has 1 aliphatic heterocycles. The Morgan fingerprint density at radius 1 is 1.26 bits per heavy atom. The number of carbonyl (C=O) groups excluding carboxylic acids is 2. The minimum atomic E-state index is -0.290. The molecule has 1 heterocycles. The molecule has 23 heavy (non-hydrogen) atoms. The van der Waals surface area contributed by atoms with Crippen LogP contribution in [-0.4, -0.2) is 30.4 Å². The Hall–Kier alpha value is -1.59. The number of nitrogens with one attached hydrogen (secondary N) is 3. The van der Waals surface area contributed by atoms with E-state index < -0.39 is 0 Å². The summed E-state index contributed by atoms with van der Waals surface area (Å²) in [5.74, 6) is 0.223. The summed E-state index contributed by atoms with van der Waals surface area (Å²) in [5, 5.41) is 8.99. The summed E-state index contributed by atoms with van der Waals surface area (Å²) in [6, 6.07) is 7.04. The van der Waals surface area contributed by atoms with Gasteiger partial charge in [0.05, 0.1) is 0 Å². The van der Waals surface area contributed by atoms with Crippen molar-refractivity contribution in [1.29, 1.82) is 0 Å². The van der Waals surface area contributed by atoms with Crippen molar-refractivity contribution in [2.75, 3.05) is 18.4 Å². The summed E-state index contributed by atoms with van der Waals surface area (Å²) in [6.45, 7) is 9.53. The number of carbonyl (C=O) groups is 2. The summed E-state index contributed by atoms with van der Waals surface area (Å²) < 4.78 is 0. The summed E-state index contributed by atoms with van der Waals surface area (Å²) >= 11 is 0. The van der Waals surface area contributed by atoms with Crippen LogP contribution >= 0.6 is 12.4 Å². The van der Waals surface area contributed by atoms with Gasteiger partial charge in [-0.15, -0.1) is 12.4 Å². The first-order chi connectivity index (χ1) is 10.3. The van der Waals surface area contributed by atoms with E-state index in [-0.39, 0.29) is 35.7 Å². The Morgan fingerprint density at radius 2 is 1.91 bits per heavy atom. The predicted molar refractivity (Wildman–Crippen MR) is 95.1 cm³/mol. The lowest BCUT2D eigenvalue weighted by atomic mass is 9.88. The molecule has 1 unspecified atom stereocenters. The molecule has 2 rings (SSSR count). The number of benzene rings is 1. The van der Waals surface area contributed by atoms with Gasteiger partial charge in [-0.05, 0) is 58.0 Å². The van der Waals surface area contributed by atoms with E-state index in [4.69, 9.17) is 0 Å². The van der Waals surface area contributed by atoms with Crippen molar-refractivity contribution in [3.63, 3.8) is 0 Å². The van der Waals surface area contributed by atoms with Crippen LogP contribution in [0.2, 0.25) is 0 Å². The van der Waals surface area contributed by atoms with Crippen molar-refractivity contribution in [2.24, 2.45) is 11.8 Å². The zero-order valence-corrected chi connectivity index (χ0v) is 14.9. The van der Waals surface area contributed by atoms with E-state index in [1.54, 1.807) is 24.3 Å². The van der Waals surface area contributed by atoms with Crippen molar-refractivity contribution in [3.05, 3.63) is 29.8 Å². The van der Waals surface area contributed by atoms with Crippen molar-refractivity contribution in [2.45, 2.75) is 33.2 Å². The molecular weight excluding hydrogens is 314 g/mol. The van der Waals surface area contributed by atoms with Gasteiger partial charge in [0.1, 0.15) is 0 Å². The Morgan fingerprint density at radius 3 is 2.43 bits per heavy atom. The molecule has 1 aromatic rings. The van der Waals surface area contributed by atoms with Crippen LogP contribution in [0.25, 0.3) is 0 Å². The van der Waals surface area contributed by atoms with Gasteiger partial charge >= 0.3 is 0 Å². The van der Waals surface area contributed by atoms with Crippen molar-refractivity contribution in [3.8, 4) is 0 Å². The number of hydrogen-bond acceptors (Lipinski definition) is 3. The van der Waals surface area contributed by atoms with Crippen molar-refractivity contribution < 1.29 is 9.59 Å². The monoisotopic (exact) mass is 339 g/mol. The van der Waals surface area contributed by atoms with Gasteiger partial charge in [0.15, 0.2) is 0 Å². The number of amides is 2. The highest BCUT2D eigenvalue weighted by atomic mass is 35.5. The third-order valence-corrected chi connectivity index (χ3v) is 3.81. The summed E-state index contributed by atoms with van der Waals surface area (Å²) in [5.41, 5.74) is 0.915. The Labute approximate surface area is 144 Å². The number of halogens is 1. The van der Waals surface area contributed by atoms with Gasteiger partial charge in [-0.3, -0.25) is 9.59 Å². The second-order valence-corrected chi connectivity index (χ2v) is 6.98. The van der Waals surface area contributed by atoms with Gasteiger partial charge in [-0.2, -0.15) is 0 Å². The predicted octanol–water partition coefficient (Wildman–Crippen LogP) is 2.43. The highest BCUT2D eigenvalue weighted by Crippen LogP contribution is 2.19. The normalized spacial score (nSPS) is 15.8. The second-order valence-electron chi connectivity index (χ2n) is 6.98. The van der Waals surface area contributed by atoms with E-state index >= 15 is 0 Å². The lowest BCUT2D eigenvalue weighted by Crippen LogP contribution is -2.48. The van der Waals surface area contributed by atoms with Gasteiger partial charge in [-0.1, -0.05) is 13.0 Å². The van der Waals surface area contributed by atoms with Crippen molar-refractivity contribution >= 4 is 29.9 Å². The smallest absolute Gasteiger partial charge is 0.251 e. The van der Waals surface area contributed by atoms with Gasteiger partial charge in [-0.25, -0.2) is 0 Å². The SMILES string of the molecule is CC(C(=O)Nc1cccc(C(=O)NC(C)(C)C)c1)C1CNC1.Cl. The van der Waals surface area contributed by atoms with Crippen molar-refractivity contribution in [1.82, 2.24) is 10.6 Å². The van der Waals surface area contributed by atoms with E-state index in [0.29, 0.717) is 17.2 Å². The maximum atomic E-state index is 12.2. The fraction of sp³-hybridized carbons (Fsp3) is 0.529. The number of hydrogen-bond donors (Lipinski definition) is 3. The minimum absolute atomic E-state index is 0. The van der Waals surface area contributed by atoms with Gasteiger partial charge in [0.25, 0.3) is 5.91 Å². The van der Waals surface area contributed by atoms with Crippen LogP contribution in [0.15, 0.2) is 24.3 Å². The summed E-state index contributed by atoms with van der Waals surface area (Å²) in [6.07, 6.45) is 0. The first kappa shape index (κ1) is 19.5. The molecule has 6 heteroatoms. The maximum Gasteiger partial charge on any atom is 0.251 e. The Bertz CT molecular complexity index is 565. The van der Waals surface area contributed by atoms with Crippen LogP contribution in [0, 0.1) is 11.8 Å². The van der Waals surface area contributed by atoms with Crippen LogP contribution in [-0.2, 0) is 4.79 Å². The average Bonchev–Trinajstić information content (AvgIpc) is 2.34. The minimum Gasteiger partial charge on any atom is -0.347 e. The molecule has 1 saturated heterocycles. The van der Waals surface area contributed by atoms with E-state index in [2.05, 4.69) is 16.0 Å². The van der Waals surface area contributed by atoms with Crippen LogP contribution in [0.3, 0.4) is 0 Å². The molecule has 0 bridgehead atoms. The molecule has 5 nitrogen and oxygen atoms in total. The Balaban J connectivity index is 0.00000264. The molecule has 1 aliphatic rings. The Kier molecular flexibility index (Phi) is 6.59. The maximum absolute atomic E-state index is 12.2. The van der Waals surface area contributed by atoms with E-state index in [1.807, 2.05) is 27.7 Å². The third kappa shape index (κ3) is 5.52. The number of anilines is 1. The van der Waals surface area contributed by atoms with Crippen LogP contribution in [0.5, 0.6) is 0 Å². The van der Waals surface area contributed by atoms with E-state index in [1.165, 1.54) is 0 Å². The van der Waals surface area contributed by atoms with Gasteiger partial charge < -0.3 is 16.0 Å². The first-order valence-electron chi connectivity index (χ1n) is 7.70. The highest BCUT2D eigenvalue weighted by Gasteiger charge is 2.28. The fourth-order valence-electron chi connectivity index (χ4n) is 2.29. The van der Waals surface area contributed by atoms with Crippen LogP contribution < -0.4 is 16.0 Å². The topological polar surface area (TPSA) is 70.2 Å². The molecule has 3 N–H and O–H groups in total. The lowest BCUT2D eigenvalue weighted by Gasteiger charge is -2.31. The molecule has 0 aromatic heterocycles. The summed E-state index contributed by atoms with van der Waals surface area (Å²) in [7, 11) is 0. The lowest BCUT2D eigenvalue weighted by molar-refractivity contribution is -0.121. The molecular formula is C17H26ClN3O2. The molecule has 1 fully saturated rings. The third-order valence-electron chi connectivity index (χ3n) is 3.81. The van der Waals surface area contributed by atoms with Gasteiger partial charge in [0, 0.05) is 22.7 Å². The standard InChI is InChI=1S/C17H25N3O2.ClH/c1-11(13-9-18-10-13)15(21)19-14-7-5-6-12(8-14)16(22)20-17(2,3)4;/h5-8,11,13,18H,9-10H2,1-4H3,(H,19,21)(H,20,22);1H. The molecule has 0 aliphatic carbocycles. The quantitative estimate of drug-likeness (QED) is 0.789. The molecule has 0 saturated carbocycles. The average molecular weight is 340 g/mol. The molecule has 0 radical (unpaired) electrons. The highest BCUT2D eigenvalue weighted by molar-refractivity contribution is 5.98. The second kappa shape index (κ2) is 7.79. The zero-order chi connectivity index (χ0) is 16.3. The fourth-order valence-corrected chi connectivity index (χ4v) is 2.29. The number of rotatable bonds is 4. The zero-order valence-electron chi connectivity index (χ0n) is 14.1. The molecule has 2 amide bonds. The molecule has 0 spiro atoms. The molecule has 1 aromatic carbocycles. The first-order valence-corrected chi connectivity index (χ1v) is 7.70.